The van der Waals surface area contributed by atoms with Crippen LogP contribution < -0.4 is 0 Å². The Hall–Kier alpha value is -1.99. The highest BCUT2D eigenvalue weighted by Crippen LogP contribution is 2.37. The molecule has 0 unspecified atom stereocenters. The van der Waals surface area contributed by atoms with E-state index in [1.54, 1.807) is 6.07 Å². The van der Waals surface area contributed by atoms with Crippen LogP contribution in [0.2, 0.25) is 0 Å². The van der Waals surface area contributed by atoms with Gasteiger partial charge in [0.25, 0.3) is 0 Å². The Labute approximate surface area is 153 Å². The maximum absolute atomic E-state index is 12.9. The van der Waals surface area contributed by atoms with Crippen LogP contribution in [0.25, 0.3) is 15.8 Å². The van der Waals surface area contributed by atoms with E-state index in [4.69, 9.17) is 0 Å². The number of allylic oxidation sites excluding steroid dienone is 2. The van der Waals surface area contributed by atoms with Crippen LogP contribution in [0, 0.1) is 0 Å². The van der Waals surface area contributed by atoms with Gasteiger partial charge in [0.2, 0.25) is 0 Å². The largest absolute Gasteiger partial charge is 0.416 e. The molecule has 0 aliphatic heterocycles. The van der Waals surface area contributed by atoms with E-state index >= 15 is 0 Å². The number of nitrogens with zero attached hydrogens (tertiary/aromatic N) is 1. The number of hydrogen-bond acceptors (Lipinski definition) is 3. The Morgan fingerprint density at radius 1 is 1.16 bits per heavy atom. The van der Waals surface area contributed by atoms with Gasteiger partial charge in [-0.15, -0.1) is 11.3 Å². The molecule has 7 heteroatoms. The van der Waals surface area contributed by atoms with Gasteiger partial charge < -0.3 is 0 Å². The number of ketones is 1. The van der Waals surface area contributed by atoms with Crippen LogP contribution in [0.15, 0.2) is 46.4 Å². The van der Waals surface area contributed by atoms with E-state index in [1.165, 1.54) is 23.5 Å². The van der Waals surface area contributed by atoms with Gasteiger partial charge in [-0.3, -0.25) is 4.79 Å². The highest BCUT2D eigenvalue weighted by atomic mass is 79.9. The molecule has 0 radical (unpaired) electrons. The van der Waals surface area contributed by atoms with E-state index in [1.807, 2.05) is 12.1 Å². The summed E-state index contributed by atoms with van der Waals surface area (Å²) in [5.74, 6) is -0.199. The molecule has 0 saturated carbocycles. The standard InChI is InChI=1S/C18H9BrF3NOS/c19-17-23-13-5-4-10-6-11(8-14(24)15(10)16(13)25-17)9-2-1-3-12(7-9)18(20,21)22/h1-5,7-8H,6H2. The van der Waals surface area contributed by atoms with Crippen molar-refractivity contribution in [3.05, 3.63) is 68.6 Å². The average Bonchev–Trinajstić information content (AvgIpc) is 2.94. The van der Waals surface area contributed by atoms with Crippen molar-refractivity contribution in [1.29, 1.82) is 0 Å². The zero-order valence-electron chi connectivity index (χ0n) is 12.5. The van der Waals surface area contributed by atoms with Gasteiger partial charge in [-0.1, -0.05) is 18.2 Å². The predicted octanol–water partition coefficient (Wildman–Crippen LogP) is 5.90. The first kappa shape index (κ1) is 16.5. The first-order valence-corrected chi connectivity index (χ1v) is 8.94. The predicted molar refractivity (Wildman–Crippen MR) is 94.8 cm³/mol. The number of aromatic nitrogens is 1. The van der Waals surface area contributed by atoms with Crippen molar-refractivity contribution in [1.82, 2.24) is 4.98 Å². The molecule has 0 fully saturated rings. The molecular weight excluding hydrogens is 415 g/mol. The van der Waals surface area contributed by atoms with Crippen molar-refractivity contribution in [3.8, 4) is 0 Å². The lowest BCUT2D eigenvalue weighted by Crippen LogP contribution is -2.10. The van der Waals surface area contributed by atoms with Crippen LogP contribution in [0.1, 0.15) is 27.0 Å². The SMILES string of the molecule is O=C1C=C(c2cccc(C(F)(F)F)c2)Cc2ccc3nc(Br)sc3c21. The van der Waals surface area contributed by atoms with Gasteiger partial charge in [-0.25, -0.2) is 4.98 Å². The zero-order valence-corrected chi connectivity index (χ0v) is 14.9. The van der Waals surface area contributed by atoms with E-state index in [0.717, 1.165) is 27.9 Å². The molecule has 4 rings (SSSR count). The monoisotopic (exact) mass is 423 g/mol. The third-order valence-electron chi connectivity index (χ3n) is 4.11. The first-order chi connectivity index (χ1) is 11.8. The zero-order chi connectivity index (χ0) is 17.8. The number of hydrogen-bond donors (Lipinski definition) is 0. The van der Waals surface area contributed by atoms with E-state index in [-0.39, 0.29) is 5.78 Å². The van der Waals surface area contributed by atoms with Crippen LogP contribution in [-0.4, -0.2) is 10.8 Å². The van der Waals surface area contributed by atoms with Crippen LogP contribution in [0.3, 0.4) is 0 Å². The van der Waals surface area contributed by atoms with Gasteiger partial charge in [-0.2, -0.15) is 13.2 Å². The maximum Gasteiger partial charge on any atom is 0.416 e. The summed E-state index contributed by atoms with van der Waals surface area (Å²) in [6, 6.07) is 8.73. The summed E-state index contributed by atoms with van der Waals surface area (Å²) in [7, 11) is 0. The van der Waals surface area contributed by atoms with Gasteiger partial charge in [0.15, 0.2) is 9.70 Å². The number of benzene rings is 2. The molecule has 0 spiro atoms. The van der Waals surface area contributed by atoms with Crippen molar-refractivity contribution in [2.24, 2.45) is 0 Å². The van der Waals surface area contributed by atoms with Gasteiger partial charge in [0, 0.05) is 5.56 Å². The molecule has 25 heavy (non-hydrogen) atoms. The highest BCUT2D eigenvalue weighted by molar-refractivity contribution is 9.11. The number of carbonyl (C=O) groups is 1. The van der Waals surface area contributed by atoms with Crippen molar-refractivity contribution in [3.63, 3.8) is 0 Å². The number of alkyl halides is 3. The van der Waals surface area contributed by atoms with E-state index in [2.05, 4.69) is 20.9 Å². The lowest BCUT2D eigenvalue weighted by atomic mass is 9.87. The molecule has 2 aromatic carbocycles. The van der Waals surface area contributed by atoms with Gasteiger partial charge in [0.05, 0.1) is 15.8 Å². The van der Waals surface area contributed by atoms with Crippen LogP contribution >= 0.6 is 27.3 Å². The summed E-state index contributed by atoms with van der Waals surface area (Å²) >= 11 is 4.70. The fraction of sp³-hybridized carbons (Fsp3) is 0.111. The fourth-order valence-corrected chi connectivity index (χ4v) is 4.53. The number of rotatable bonds is 1. The van der Waals surface area contributed by atoms with Crippen molar-refractivity contribution in [2.75, 3.05) is 0 Å². The van der Waals surface area contributed by atoms with Crippen LogP contribution in [0.5, 0.6) is 0 Å². The molecule has 3 aromatic rings. The molecule has 2 nitrogen and oxygen atoms in total. The van der Waals surface area contributed by atoms with E-state index in [0.29, 0.717) is 27.0 Å². The second-order valence-corrected chi connectivity index (χ2v) is 7.98. The molecule has 0 N–H and O–H groups in total. The minimum Gasteiger partial charge on any atom is -0.289 e. The number of carbonyl (C=O) groups excluding carboxylic acids is 1. The van der Waals surface area contributed by atoms with Gasteiger partial charge >= 0.3 is 6.18 Å². The molecule has 0 atom stereocenters. The number of halogens is 4. The minimum absolute atomic E-state index is 0.199. The highest BCUT2D eigenvalue weighted by Gasteiger charge is 2.31. The maximum atomic E-state index is 12.9. The van der Waals surface area contributed by atoms with Gasteiger partial charge in [-0.05, 0) is 63.3 Å². The Morgan fingerprint density at radius 3 is 2.72 bits per heavy atom. The third-order valence-corrected chi connectivity index (χ3v) is 5.65. The first-order valence-electron chi connectivity index (χ1n) is 7.33. The Bertz CT molecular complexity index is 1050. The summed E-state index contributed by atoms with van der Waals surface area (Å²) in [5, 5.41) is 0. The summed E-state index contributed by atoms with van der Waals surface area (Å²) in [6.07, 6.45) is -2.56. The molecular formula is C18H9BrF3NOS. The van der Waals surface area contributed by atoms with Gasteiger partial charge in [0.1, 0.15) is 0 Å². The summed E-state index contributed by atoms with van der Waals surface area (Å²) < 4.78 is 40.3. The molecule has 0 amide bonds. The molecule has 0 bridgehead atoms. The normalized spacial score (nSPS) is 14.6. The molecule has 1 aromatic heterocycles. The Morgan fingerprint density at radius 2 is 1.96 bits per heavy atom. The van der Waals surface area contributed by atoms with Crippen molar-refractivity contribution in [2.45, 2.75) is 12.6 Å². The molecule has 1 aliphatic carbocycles. The molecule has 126 valence electrons. The topological polar surface area (TPSA) is 30.0 Å². The minimum atomic E-state index is -4.41. The average molecular weight is 424 g/mol. The lowest BCUT2D eigenvalue weighted by Gasteiger charge is -2.18. The third kappa shape index (κ3) is 2.91. The second-order valence-electron chi connectivity index (χ2n) is 5.70. The molecule has 1 heterocycles. The lowest BCUT2D eigenvalue weighted by molar-refractivity contribution is -0.137. The number of thiazole rings is 1. The van der Waals surface area contributed by atoms with Crippen molar-refractivity contribution < 1.29 is 18.0 Å². The fourth-order valence-electron chi connectivity index (χ4n) is 2.99. The van der Waals surface area contributed by atoms with Crippen molar-refractivity contribution >= 4 is 48.8 Å². The van der Waals surface area contributed by atoms with E-state index in [9.17, 15) is 18.0 Å². The summed E-state index contributed by atoms with van der Waals surface area (Å²) in [5.41, 5.74) is 2.43. The Kier molecular flexibility index (Phi) is 3.81. The smallest absolute Gasteiger partial charge is 0.289 e. The number of fused-ring (bicyclic) bond motifs is 3. The van der Waals surface area contributed by atoms with E-state index < -0.39 is 11.7 Å². The summed E-state index contributed by atoms with van der Waals surface area (Å²) in [4.78, 5) is 16.9. The second kappa shape index (κ2) is 5.78. The molecule has 1 aliphatic rings. The molecule has 0 saturated heterocycles. The quantitative estimate of drug-likeness (QED) is 0.487. The summed E-state index contributed by atoms with van der Waals surface area (Å²) in [6.45, 7) is 0. The Balaban J connectivity index is 1.80. The van der Waals surface area contributed by atoms with Crippen LogP contribution in [0.4, 0.5) is 13.2 Å². The van der Waals surface area contributed by atoms with Crippen LogP contribution in [-0.2, 0) is 12.6 Å².